The van der Waals surface area contributed by atoms with Crippen LogP contribution in [0.1, 0.15) is 28.4 Å². The Morgan fingerprint density at radius 2 is 2.17 bits per heavy atom. The van der Waals surface area contributed by atoms with Crippen molar-refractivity contribution < 1.29 is 9.90 Å². The predicted molar refractivity (Wildman–Crippen MR) is 47.6 cm³/mol. The number of rotatable bonds is 2. The quantitative estimate of drug-likeness (QED) is 0.679. The van der Waals surface area contributed by atoms with E-state index in [9.17, 15) is 9.90 Å². The van der Waals surface area contributed by atoms with Crippen molar-refractivity contribution >= 4 is 6.29 Å². The highest BCUT2D eigenvalue weighted by molar-refractivity contribution is 5.79. The van der Waals surface area contributed by atoms with Crippen LogP contribution in [-0.2, 0) is 6.42 Å². The maximum Gasteiger partial charge on any atom is 0.150 e. The van der Waals surface area contributed by atoms with Gasteiger partial charge in [0.2, 0.25) is 0 Å². The molecule has 0 saturated heterocycles. The summed E-state index contributed by atoms with van der Waals surface area (Å²) in [5.41, 5.74) is 2.23. The number of aryl methyl sites for hydroxylation is 1. The van der Waals surface area contributed by atoms with Crippen molar-refractivity contribution in [3.8, 4) is 5.75 Å². The van der Waals surface area contributed by atoms with Crippen molar-refractivity contribution in [3.05, 3.63) is 28.8 Å². The average molecular weight is 164 g/mol. The summed E-state index contributed by atoms with van der Waals surface area (Å²) in [4.78, 5) is 10.6. The molecular formula is C10H12O2. The zero-order valence-electron chi connectivity index (χ0n) is 7.29. The normalized spacial score (nSPS) is 9.83. The molecule has 12 heavy (non-hydrogen) atoms. The van der Waals surface area contributed by atoms with Crippen LogP contribution < -0.4 is 0 Å². The van der Waals surface area contributed by atoms with Gasteiger partial charge < -0.3 is 5.11 Å². The maximum atomic E-state index is 10.6. The fourth-order valence-electron chi connectivity index (χ4n) is 1.32. The number of aromatic hydroxyl groups is 1. The van der Waals surface area contributed by atoms with E-state index in [1.165, 1.54) is 0 Å². The van der Waals surface area contributed by atoms with E-state index < -0.39 is 0 Å². The SMILES string of the molecule is CCc1c(O)cc(C)cc1C=O. The van der Waals surface area contributed by atoms with Crippen molar-refractivity contribution in [2.45, 2.75) is 20.3 Å². The lowest BCUT2D eigenvalue weighted by Crippen LogP contribution is -1.92. The molecule has 1 aromatic carbocycles. The number of carbonyl (C=O) groups excluding carboxylic acids is 1. The summed E-state index contributed by atoms with van der Waals surface area (Å²) in [6, 6.07) is 3.46. The van der Waals surface area contributed by atoms with Crippen LogP contribution in [0.3, 0.4) is 0 Å². The monoisotopic (exact) mass is 164 g/mol. The summed E-state index contributed by atoms with van der Waals surface area (Å²) in [7, 11) is 0. The molecule has 0 spiro atoms. The van der Waals surface area contributed by atoms with Gasteiger partial charge in [-0.15, -0.1) is 0 Å². The van der Waals surface area contributed by atoms with E-state index in [1.54, 1.807) is 12.1 Å². The Kier molecular flexibility index (Phi) is 2.48. The second-order valence-electron chi connectivity index (χ2n) is 2.82. The van der Waals surface area contributed by atoms with E-state index in [4.69, 9.17) is 0 Å². The lowest BCUT2D eigenvalue weighted by molar-refractivity contribution is 0.112. The van der Waals surface area contributed by atoms with Gasteiger partial charge in [0, 0.05) is 11.1 Å². The van der Waals surface area contributed by atoms with Crippen LogP contribution in [0.25, 0.3) is 0 Å². The Morgan fingerprint density at radius 1 is 1.50 bits per heavy atom. The predicted octanol–water partition coefficient (Wildman–Crippen LogP) is 2.08. The molecule has 0 atom stereocenters. The lowest BCUT2D eigenvalue weighted by Gasteiger charge is -2.05. The minimum atomic E-state index is 0.222. The molecule has 0 aliphatic rings. The molecule has 0 radical (unpaired) electrons. The van der Waals surface area contributed by atoms with E-state index in [-0.39, 0.29) is 5.75 Å². The van der Waals surface area contributed by atoms with Crippen LogP contribution in [0, 0.1) is 6.92 Å². The molecule has 0 bridgehead atoms. The molecule has 1 rings (SSSR count). The first-order chi connectivity index (χ1) is 5.69. The highest BCUT2D eigenvalue weighted by atomic mass is 16.3. The second kappa shape index (κ2) is 3.39. The van der Waals surface area contributed by atoms with Crippen LogP contribution in [-0.4, -0.2) is 11.4 Å². The van der Waals surface area contributed by atoms with E-state index >= 15 is 0 Å². The summed E-state index contributed by atoms with van der Waals surface area (Å²) in [6.45, 7) is 3.77. The van der Waals surface area contributed by atoms with Crippen LogP contribution in [0.5, 0.6) is 5.75 Å². The summed E-state index contributed by atoms with van der Waals surface area (Å²) in [5.74, 6) is 0.222. The Morgan fingerprint density at radius 3 is 2.67 bits per heavy atom. The van der Waals surface area contributed by atoms with Gasteiger partial charge in [0.05, 0.1) is 0 Å². The summed E-state index contributed by atoms with van der Waals surface area (Å²) >= 11 is 0. The van der Waals surface area contributed by atoms with Crippen LogP contribution in [0.4, 0.5) is 0 Å². The second-order valence-corrected chi connectivity index (χ2v) is 2.82. The first-order valence-corrected chi connectivity index (χ1v) is 3.96. The summed E-state index contributed by atoms with van der Waals surface area (Å²) in [5, 5.41) is 9.44. The smallest absolute Gasteiger partial charge is 0.150 e. The van der Waals surface area contributed by atoms with Crippen molar-refractivity contribution in [1.29, 1.82) is 0 Å². The fourth-order valence-corrected chi connectivity index (χ4v) is 1.32. The number of aldehydes is 1. The van der Waals surface area contributed by atoms with Gasteiger partial charge in [0.25, 0.3) is 0 Å². The molecule has 1 N–H and O–H groups in total. The lowest BCUT2D eigenvalue weighted by atomic mass is 10.0. The van der Waals surface area contributed by atoms with Crippen molar-refractivity contribution in [2.24, 2.45) is 0 Å². The van der Waals surface area contributed by atoms with Crippen LogP contribution in [0.15, 0.2) is 12.1 Å². The zero-order valence-corrected chi connectivity index (χ0v) is 7.29. The molecule has 0 aliphatic carbocycles. The van der Waals surface area contributed by atoms with Crippen molar-refractivity contribution in [1.82, 2.24) is 0 Å². The number of phenolic OH excluding ortho intramolecular Hbond substituents is 1. The minimum absolute atomic E-state index is 0.222. The van der Waals surface area contributed by atoms with E-state index in [0.717, 1.165) is 17.4 Å². The molecule has 1 aromatic rings. The molecule has 0 aliphatic heterocycles. The highest BCUT2D eigenvalue weighted by Crippen LogP contribution is 2.22. The summed E-state index contributed by atoms with van der Waals surface area (Å²) < 4.78 is 0. The highest BCUT2D eigenvalue weighted by Gasteiger charge is 2.05. The molecule has 0 amide bonds. The third-order valence-corrected chi connectivity index (χ3v) is 1.89. The molecule has 0 unspecified atom stereocenters. The van der Waals surface area contributed by atoms with Gasteiger partial charge in [-0.3, -0.25) is 4.79 Å². The average Bonchev–Trinajstić information content (AvgIpc) is 2.03. The van der Waals surface area contributed by atoms with Crippen LogP contribution >= 0.6 is 0 Å². The van der Waals surface area contributed by atoms with Crippen molar-refractivity contribution in [2.75, 3.05) is 0 Å². The summed E-state index contributed by atoms with van der Waals surface area (Å²) in [6.07, 6.45) is 1.46. The Balaban J connectivity index is 3.33. The van der Waals surface area contributed by atoms with Gasteiger partial charge in [-0.25, -0.2) is 0 Å². The van der Waals surface area contributed by atoms with Crippen LogP contribution in [0.2, 0.25) is 0 Å². The van der Waals surface area contributed by atoms with Gasteiger partial charge in [-0.1, -0.05) is 6.92 Å². The van der Waals surface area contributed by atoms with E-state index in [1.807, 2.05) is 13.8 Å². The molecule has 0 aromatic heterocycles. The number of phenols is 1. The number of hydrogen-bond acceptors (Lipinski definition) is 2. The minimum Gasteiger partial charge on any atom is -0.508 e. The maximum absolute atomic E-state index is 10.6. The van der Waals surface area contributed by atoms with E-state index in [0.29, 0.717) is 12.0 Å². The zero-order chi connectivity index (χ0) is 9.14. The first-order valence-electron chi connectivity index (χ1n) is 3.96. The topological polar surface area (TPSA) is 37.3 Å². The third-order valence-electron chi connectivity index (χ3n) is 1.89. The third kappa shape index (κ3) is 1.47. The van der Waals surface area contributed by atoms with Gasteiger partial charge in [-0.05, 0) is 31.0 Å². The molecule has 0 fully saturated rings. The molecule has 2 nitrogen and oxygen atoms in total. The first kappa shape index (κ1) is 8.78. The number of hydrogen-bond donors (Lipinski definition) is 1. The molecule has 0 heterocycles. The number of benzene rings is 1. The van der Waals surface area contributed by atoms with Crippen molar-refractivity contribution in [3.63, 3.8) is 0 Å². The van der Waals surface area contributed by atoms with Gasteiger partial charge in [-0.2, -0.15) is 0 Å². The molecule has 64 valence electrons. The van der Waals surface area contributed by atoms with Gasteiger partial charge >= 0.3 is 0 Å². The Hall–Kier alpha value is -1.31. The van der Waals surface area contributed by atoms with E-state index in [2.05, 4.69) is 0 Å². The Labute approximate surface area is 71.8 Å². The largest absolute Gasteiger partial charge is 0.508 e. The molecular weight excluding hydrogens is 152 g/mol. The van der Waals surface area contributed by atoms with Gasteiger partial charge in [0.1, 0.15) is 12.0 Å². The Bertz CT molecular complexity index is 303. The van der Waals surface area contributed by atoms with Gasteiger partial charge in [0.15, 0.2) is 0 Å². The fraction of sp³-hybridized carbons (Fsp3) is 0.300. The molecule has 2 heteroatoms. The molecule has 0 saturated carbocycles. The standard InChI is InChI=1S/C10H12O2/c1-3-9-8(6-11)4-7(2)5-10(9)12/h4-6,12H,3H2,1-2H3. The number of carbonyl (C=O) groups is 1.